The fourth-order valence-corrected chi connectivity index (χ4v) is 5.84. The highest BCUT2D eigenvalue weighted by molar-refractivity contribution is 7.89. The van der Waals surface area contributed by atoms with Crippen LogP contribution in [0, 0.1) is 11.7 Å². The molecule has 1 aromatic rings. The van der Waals surface area contributed by atoms with Gasteiger partial charge in [-0.05, 0) is 43.9 Å². The van der Waals surface area contributed by atoms with Crippen molar-refractivity contribution in [2.75, 3.05) is 13.1 Å². The third-order valence-electron chi connectivity index (χ3n) is 5.44. The zero-order chi connectivity index (χ0) is 18.6. The molecule has 1 aromatic carbocycles. The predicted molar refractivity (Wildman–Crippen MR) is 97.5 cm³/mol. The lowest BCUT2D eigenvalue weighted by molar-refractivity contribution is -0.127. The summed E-state index contributed by atoms with van der Waals surface area (Å²) in [7, 11) is -3.84. The fourth-order valence-electron chi connectivity index (χ4n) is 4.08. The summed E-state index contributed by atoms with van der Waals surface area (Å²) < 4.78 is 41.7. The molecule has 7 heteroatoms. The van der Waals surface area contributed by atoms with Gasteiger partial charge < -0.3 is 5.32 Å². The zero-order valence-electron chi connectivity index (χ0n) is 15.0. The van der Waals surface area contributed by atoms with E-state index in [0.717, 1.165) is 44.6 Å². The molecule has 2 atom stereocenters. The first kappa shape index (κ1) is 19.3. The van der Waals surface area contributed by atoms with Gasteiger partial charge in [-0.15, -0.1) is 0 Å². The number of carbonyl (C=O) groups excluding carboxylic acids is 1. The Labute approximate surface area is 155 Å². The standard InChI is InChI=1S/C19H27FN2O3S/c20-15-8-7-9-16(14-15)26(24,25)22-13-6-2-1-5-12-21-19(23)17-10-3-4-11-18(17)22/h7-9,14,17-18H,1-6,10-13H2,(H,21,23)/t17-,18+/m1/s1. The number of benzene rings is 1. The van der Waals surface area contributed by atoms with Gasteiger partial charge in [0.05, 0.1) is 10.8 Å². The Hall–Kier alpha value is -1.47. The highest BCUT2D eigenvalue weighted by Crippen LogP contribution is 2.33. The van der Waals surface area contributed by atoms with Gasteiger partial charge in [-0.3, -0.25) is 4.79 Å². The zero-order valence-corrected chi connectivity index (χ0v) is 15.8. The molecule has 2 fully saturated rings. The maximum absolute atomic E-state index is 13.6. The third-order valence-corrected chi connectivity index (χ3v) is 7.36. The van der Waals surface area contributed by atoms with Gasteiger partial charge in [0.15, 0.2) is 0 Å². The van der Waals surface area contributed by atoms with Crippen molar-refractivity contribution in [3.63, 3.8) is 0 Å². The number of halogens is 1. The van der Waals surface area contributed by atoms with Crippen LogP contribution in [0.5, 0.6) is 0 Å². The summed E-state index contributed by atoms with van der Waals surface area (Å²) in [6.07, 6.45) is 6.77. The van der Waals surface area contributed by atoms with Crippen molar-refractivity contribution >= 4 is 15.9 Å². The molecular formula is C19H27FN2O3S. The lowest BCUT2D eigenvalue weighted by Gasteiger charge is -2.38. The number of carbonyl (C=O) groups is 1. The lowest BCUT2D eigenvalue weighted by Crippen LogP contribution is -2.51. The van der Waals surface area contributed by atoms with Crippen LogP contribution < -0.4 is 5.32 Å². The van der Waals surface area contributed by atoms with E-state index in [9.17, 15) is 17.6 Å². The van der Waals surface area contributed by atoms with Crippen LogP contribution in [0.3, 0.4) is 0 Å². The smallest absolute Gasteiger partial charge is 0.243 e. The number of nitrogens with one attached hydrogen (secondary N) is 1. The van der Waals surface area contributed by atoms with Crippen LogP contribution in [-0.4, -0.2) is 37.8 Å². The van der Waals surface area contributed by atoms with E-state index in [-0.39, 0.29) is 22.8 Å². The number of sulfonamides is 1. The Morgan fingerprint density at radius 3 is 2.62 bits per heavy atom. The molecule has 5 nitrogen and oxygen atoms in total. The third kappa shape index (κ3) is 4.26. The second-order valence-electron chi connectivity index (χ2n) is 7.24. The van der Waals surface area contributed by atoms with Crippen LogP contribution in [0.1, 0.15) is 51.4 Å². The predicted octanol–water partition coefficient (Wildman–Crippen LogP) is 3.07. The Bertz CT molecular complexity index is 738. The molecule has 0 unspecified atom stereocenters. The number of amides is 1. The fraction of sp³-hybridized carbons (Fsp3) is 0.632. The maximum atomic E-state index is 13.6. The first-order valence-corrected chi connectivity index (χ1v) is 11.0. The number of hydrogen-bond donors (Lipinski definition) is 1. The first-order chi connectivity index (χ1) is 12.5. The average Bonchev–Trinajstić information content (AvgIpc) is 2.66. The Morgan fingerprint density at radius 2 is 1.81 bits per heavy atom. The Morgan fingerprint density at radius 1 is 1.04 bits per heavy atom. The average molecular weight is 383 g/mol. The molecule has 1 amide bonds. The molecule has 1 heterocycles. The number of hydrogen-bond acceptors (Lipinski definition) is 3. The minimum absolute atomic E-state index is 0.0305. The molecule has 1 aliphatic carbocycles. The molecule has 3 rings (SSSR count). The number of fused-ring (bicyclic) bond motifs is 1. The van der Waals surface area contributed by atoms with Gasteiger partial charge in [0.2, 0.25) is 15.9 Å². The van der Waals surface area contributed by atoms with E-state index < -0.39 is 15.8 Å². The van der Waals surface area contributed by atoms with Crippen molar-refractivity contribution in [2.24, 2.45) is 5.92 Å². The van der Waals surface area contributed by atoms with Crippen molar-refractivity contribution < 1.29 is 17.6 Å². The van der Waals surface area contributed by atoms with E-state index in [1.165, 1.54) is 22.5 Å². The molecule has 0 bridgehead atoms. The van der Waals surface area contributed by atoms with Crippen LogP contribution >= 0.6 is 0 Å². The van der Waals surface area contributed by atoms with E-state index in [0.29, 0.717) is 25.9 Å². The molecule has 1 aliphatic heterocycles. The highest BCUT2D eigenvalue weighted by Gasteiger charge is 2.40. The summed E-state index contributed by atoms with van der Waals surface area (Å²) in [5.41, 5.74) is 0. The molecule has 144 valence electrons. The van der Waals surface area contributed by atoms with Crippen molar-refractivity contribution in [1.29, 1.82) is 0 Å². The summed E-state index contributed by atoms with van der Waals surface area (Å²) in [6.45, 7) is 1.03. The second kappa shape index (κ2) is 8.48. The van der Waals surface area contributed by atoms with Gasteiger partial charge in [-0.25, -0.2) is 12.8 Å². The monoisotopic (exact) mass is 382 g/mol. The van der Waals surface area contributed by atoms with E-state index in [1.54, 1.807) is 0 Å². The van der Waals surface area contributed by atoms with Gasteiger partial charge in [-0.2, -0.15) is 4.31 Å². The first-order valence-electron chi connectivity index (χ1n) is 9.55. The van der Waals surface area contributed by atoms with Crippen molar-refractivity contribution in [3.05, 3.63) is 30.1 Å². The normalized spacial score (nSPS) is 26.4. The molecule has 0 aromatic heterocycles. The lowest BCUT2D eigenvalue weighted by atomic mass is 9.83. The van der Waals surface area contributed by atoms with Gasteiger partial charge in [0, 0.05) is 19.1 Å². The quantitative estimate of drug-likeness (QED) is 0.855. The molecule has 0 radical (unpaired) electrons. The molecule has 1 saturated carbocycles. The minimum Gasteiger partial charge on any atom is -0.356 e. The van der Waals surface area contributed by atoms with Crippen molar-refractivity contribution in [3.8, 4) is 0 Å². The Balaban J connectivity index is 1.97. The summed E-state index contributed by atoms with van der Waals surface area (Å²) in [6, 6.07) is 4.80. The summed E-state index contributed by atoms with van der Waals surface area (Å²) in [5, 5.41) is 2.98. The highest BCUT2D eigenvalue weighted by atomic mass is 32.2. The van der Waals surface area contributed by atoms with Crippen LogP contribution in [-0.2, 0) is 14.8 Å². The van der Waals surface area contributed by atoms with Crippen molar-refractivity contribution in [2.45, 2.75) is 62.3 Å². The summed E-state index contributed by atoms with van der Waals surface area (Å²) in [4.78, 5) is 12.6. The van der Waals surface area contributed by atoms with Gasteiger partial charge in [0.1, 0.15) is 5.82 Å². The van der Waals surface area contributed by atoms with Crippen LogP contribution in [0.2, 0.25) is 0 Å². The van der Waals surface area contributed by atoms with Crippen molar-refractivity contribution in [1.82, 2.24) is 9.62 Å². The summed E-state index contributed by atoms with van der Waals surface area (Å²) in [5.74, 6) is -0.942. The van der Waals surface area contributed by atoms with E-state index in [1.807, 2.05) is 0 Å². The van der Waals surface area contributed by atoms with Gasteiger partial charge >= 0.3 is 0 Å². The minimum atomic E-state index is -3.84. The van der Waals surface area contributed by atoms with E-state index in [4.69, 9.17) is 0 Å². The summed E-state index contributed by atoms with van der Waals surface area (Å²) >= 11 is 0. The molecule has 1 saturated heterocycles. The van der Waals surface area contributed by atoms with Gasteiger partial charge in [0.25, 0.3) is 0 Å². The van der Waals surface area contributed by atoms with Crippen LogP contribution in [0.15, 0.2) is 29.2 Å². The Kier molecular flexibility index (Phi) is 6.29. The number of nitrogens with zero attached hydrogens (tertiary/aromatic N) is 1. The topological polar surface area (TPSA) is 66.5 Å². The largest absolute Gasteiger partial charge is 0.356 e. The molecule has 26 heavy (non-hydrogen) atoms. The molecule has 0 spiro atoms. The van der Waals surface area contributed by atoms with E-state index >= 15 is 0 Å². The van der Waals surface area contributed by atoms with E-state index in [2.05, 4.69) is 5.32 Å². The number of rotatable bonds is 2. The molecule has 2 aliphatic rings. The second-order valence-corrected chi connectivity index (χ2v) is 9.13. The maximum Gasteiger partial charge on any atom is 0.243 e. The van der Waals surface area contributed by atoms with Crippen LogP contribution in [0.4, 0.5) is 4.39 Å². The van der Waals surface area contributed by atoms with Crippen LogP contribution in [0.25, 0.3) is 0 Å². The molecule has 1 N–H and O–H groups in total. The SMILES string of the molecule is O=C1NCCCCCCN(S(=O)(=O)c2cccc(F)c2)[C@H]2CCCC[C@@H]12. The van der Waals surface area contributed by atoms with Gasteiger partial charge in [-0.1, -0.05) is 31.7 Å². The molecular weight excluding hydrogens is 355 g/mol.